The molecule has 0 saturated carbocycles. The van der Waals surface area contributed by atoms with Gasteiger partial charge in [-0.1, -0.05) is 0 Å². The first-order chi connectivity index (χ1) is 14.1. The molecule has 2 aromatic carbocycles. The van der Waals surface area contributed by atoms with E-state index in [1.807, 2.05) is 0 Å². The molecule has 2 aromatic rings. The standard InChI is InChI=1S/C16H10O13S2/c17-13(18)7-1-3-9(11(5-7)30(23,24)25)15(21)29-16(22)10-4-2-8(14(19)20)6-12(10)31(26,27)28/h1-6H,(H,17,18)(H,19,20)(H,23,24,25)(H,26,27,28). The molecule has 4 N–H and O–H groups in total. The van der Waals surface area contributed by atoms with Crippen LogP contribution in [0.2, 0.25) is 0 Å². The maximum Gasteiger partial charge on any atom is 0.347 e. The van der Waals surface area contributed by atoms with Gasteiger partial charge in [0.15, 0.2) is 0 Å². The Hall–Kier alpha value is -3.66. The van der Waals surface area contributed by atoms with Crippen LogP contribution in [0.25, 0.3) is 0 Å². The van der Waals surface area contributed by atoms with Crippen LogP contribution in [0, 0.1) is 0 Å². The van der Waals surface area contributed by atoms with Crippen molar-refractivity contribution >= 4 is 44.1 Å². The summed E-state index contributed by atoms with van der Waals surface area (Å²) in [6, 6.07) is 3.62. The molecule has 13 nitrogen and oxygen atoms in total. The zero-order valence-electron chi connectivity index (χ0n) is 14.7. The molecule has 0 aliphatic carbocycles. The number of benzene rings is 2. The molecule has 0 aliphatic heterocycles. The molecule has 15 heteroatoms. The minimum Gasteiger partial charge on any atom is -0.478 e. The maximum atomic E-state index is 12.2. The van der Waals surface area contributed by atoms with E-state index in [1.165, 1.54) is 0 Å². The smallest absolute Gasteiger partial charge is 0.347 e. The van der Waals surface area contributed by atoms with E-state index in [0.717, 1.165) is 12.1 Å². The third kappa shape index (κ3) is 5.28. The molecule has 0 unspecified atom stereocenters. The predicted molar refractivity (Wildman–Crippen MR) is 96.2 cm³/mol. The highest BCUT2D eigenvalue weighted by atomic mass is 32.2. The quantitative estimate of drug-likeness (QED) is 0.255. The lowest BCUT2D eigenvalue weighted by Gasteiger charge is -2.10. The zero-order valence-corrected chi connectivity index (χ0v) is 16.4. The summed E-state index contributed by atoms with van der Waals surface area (Å²) in [6.07, 6.45) is 0. The fourth-order valence-electron chi connectivity index (χ4n) is 2.27. The summed E-state index contributed by atoms with van der Waals surface area (Å²) in [5.74, 6) is -6.65. The molecule has 0 bridgehead atoms. The Balaban J connectivity index is 2.52. The first kappa shape index (κ1) is 23.6. The number of carboxylic acids is 2. The number of carbonyl (C=O) groups is 4. The number of aromatic carboxylic acids is 2. The minimum absolute atomic E-state index is 0.421. The molecule has 0 saturated heterocycles. The van der Waals surface area contributed by atoms with Crippen molar-refractivity contribution < 1.29 is 60.1 Å². The van der Waals surface area contributed by atoms with E-state index in [1.54, 1.807) is 0 Å². The molecule has 0 radical (unpaired) electrons. The summed E-state index contributed by atoms with van der Waals surface area (Å²) in [5.41, 5.74) is -3.19. The van der Waals surface area contributed by atoms with Crippen molar-refractivity contribution in [2.75, 3.05) is 0 Å². The molecular formula is C16H10O13S2. The first-order valence-corrected chi connectivity index (χ1v) is 10.5. The second-order valence-corrected chi connectivity index (χ2v) is 8.44. The van der Waals surface area contributed by atoms with E-state index in [4.69, 9.17) is 10.2 Å². The van der Waals surface area contributed by atoms with Crippen molar-refractivity contribution in [1.82, 2.24) is 0 Å². The van der Waals surface area contributed by atoms with Crippen molar-refractivity contribution in [3.63, 3.8) is 0 Å². The summed E-state index contributed by atoms with van der Waals surface area (Å²) >= 11 is 0. The minimum atomic E-state index is -5.16. The van der Waals surface area contributed by atoms with Gasteiger partial charge in [-0.3, -0.25) is 9.11 Å². The summed E-state index contributed by atoms with van der Waals surface area (Å²) < 4.78 is 68.7. The summed E-state index contributed by atoms with van der Waals surface area (Å²) in [4.78, 5) is 44.0. The highest BCUT2D eigenvalue weighted by molar-refractivity contribution is 7.86. The number of rotatable bonds is 6. The Morgan fingerprint density at radius 3 is 1.23 bits per heavy atom. The van der Waals surface area contributed by atoms with Crippen LogP contribution in [0.5, 0.6) is 0 Å². The number of hydrogen-bond donors (Lipinski definition) is 4. The molecule has 0 heterocycles. The Labute approximate surface area is 173 Å². The number of hydrogen-bond acceptors (Lipinski definition) is 9. The topological polar surface area (TPSA) is 227 Å². The Kier molecular flexibility index (Phi) is 6.27. The van der Waals surface area contributed by atoms with Gasteiger partial charge in [0.25, 0.3) is 20.2 Å². The molecule has 2 rings (SSSR count). The van der Waals surface area contributed by atoms with Crippen LogP contribution in [0.15, 0.2) is 46.2 Å². The molecule has 0 fully saturated rings. The van der Waals surface area contributed by atoms with Gasteiger partial charge in [-0.05, 0) is 36.4 Å². The molecule has 0 amide bonds. The van der Waals surface area contributed by atoms with Gasteiger partial charge in [-0.15, -0.1) is 0 Å². The SMILES string of the molecule is O=C(O)c1ccc(C(=O)OC(=O)c2ccc(C(=O)O)cc2S(=O)(=O)O)c(S(=O)(=O)O)c1. The van der Waals surface area contributed by atoms with E-state index in [0.29, 0.717) is 24.3 Å². The Bertz CT molecular complexity index is 1230. The largest absolute Gasteiger partial charge is 0.478 e. The van der Waals surface area contributed by atoms with E-state index < -0.39 is 76.2 Å². The number of ether oxygens (including phenoxy) is 1. The van der Waals surface area contributed by atoms with E-state index >= 15 is 0 Å². The van der Waals surface area contributed by atoms with Crippen LogP contribution in [0.1, 0.15) is 41.4 Å². The highest BCUT2D eigenvalue weighted by Crippen LogP contribution is 2.22. The van der Waals surface area contributed by atoms with Crippen molar-refractivity contribution in [3.8, 4) is 0 Å². The fraction of sp³-hybridized carbons (Fsp3) is 0. The van der Waals surface area contributed by atoms with Crippen LogP contribution in [0.4, 0.5) is 0 Å². The van der Waals surface area contributed by atoms with Crippen molar-refractivity contribution in [2.24, 2.45) is 0 Å². The fourth-order valence-corrected chi connectivity index (χ4v) is 3.68. The van der Waals surface area contributed by atoms with Crippen molar-refractivity contribution in [2.45, 2.75) is 9.79 Å². The molecule has 0 atom stereocenters. The normalized spacial score (nSPS) is 11.5. The average molecular weight is 474 g/mol. The van der Waals surface area contributed by atoms with E-state index in [-0.39, 0.29) is 0 Å². The van der Waals surface area contributed by atoms with Gasteiger partial charge in [-0.2, -0.15) is 16.8 Å². The second kappa shape index (κ2) is 8.23. The molecular weight excluding hydrogens is 464 g/mol. The van der Waals surface area contributed by atoms with Crippen molar-refractivity contribution in [3.05, 3.63) is 58.7 Å². The lowest BCUT2D eigenvalue weighted by atomic mass is 10.1. The Morgan fingerprint density at radius 2 is 0.968 bits per heavy atom. The van der Waals surface area contributed by atoms with Gasteiger partial charge < -0.3 is 14.9 Å². The third-order valence-corrected chi connectivity index (χ3v) is 5.43. The predicted octanol–water partition coefficient (Wildman–Crippen LogP) is 0.574. The lowest BCUT2D eigenvalue weighted by molar-refractivity contribution is 0.0389. The van der Waals surface area contributed by atoms with Crippen LogP contribution < -0.4 is 0 Å². The summed E-state index contributed by atoms with van der Waals surface area (Å²) in [7, 11) is -10.3. The number of carboxylic acid groups (broad SMARTS) is 2. The zero-order chi connectivity index (χ0) is 23.7. The summed E-state index contributed by atoms with van der Waals surface area (Å²) in [6.45, 7) is 0. The molecule has 0 aromatic heterocycles. The van der Waals surface area contributed by atoms with Crippen LogP contribution in [-0.4, -0.2) is 60.0 Å². The van der Waals surface area contributed by atoms with Crippen LogP contribution >= 0.6 is 0 Å². The van der Waals surface area contributed by atoms with Gasteiger partial charge in [0, 0.05) is 0 Å². The van der Waals surface area contributed by atoms with Crippen LogP contribution in [-0.2, 0) is 25.0 Å². The lowest BCUT2D eigenvalue weighted by Crippen LogP contribution is -2.19. The highest BCUT2D eigenvalue weighted by Gasteiger charge is 2.28. The van der Waals surface area contributed by atoms with Gasteiger partial charge in [-0.25, -0.2) is 19.2 Å². The van der Waals surface area contributed by atoms with E-state index in [9.17, 15) is 45.1 Å². The van der Waals surface area contributed by atoms with Gasteiger partial charge in [0.2, 0.25) is 0 Å². The summed E-state index contributed by atoms with van der Waals surface area (Å²) in [5, 5.41) is 17.8. The molecule has 0 aliphatic rings. The van der Waals surface area contributed by atoms with Gasteiger partial charge in [0.05, 0.1) is 22.3 Å². The average Bonchev–Trinajstić information content (AvgIpc) is 2.65. The third-order valence-electron chi connectivity index (χ3n) is 3.64. The first-order valence-electron chi connectivity index (χ1n) is 7.59. The van der Waals surface area contributed by atoms with Gasteiger partial charge >= 0.3 is 23.9 Å². The van der Waals surface area contributed by atoms with E-state index in [2.05, 4.69) is 4.74 Å². The van der Waals surface area contributed by atoms with Crippen LogP contribution in [0.3, 0.4) is 0 Å². The Morgan fingerprint density at radius 1 is 0.645 bits per heavy atom. The molecule has 0 spiro atoms. The second-order valence-electron chi connectivity index (χ2n) is 5.66. The molecule has 164 valence electrons. The van der Waals surface area contributed by atoms with Gasteiger partial charge in [0.1, 0.15) is 9.79 Å². The molecule has 31 heavy (non-hydrogen) atoms. The monoisotopic (exact) mass is 474 g/mol. The maximum absolute atomic E-state index is 12.2. The van der Waals surface area contributed by atoms with Crippen molar-refractivity contribution in [1.29, 1.82) is 0 Å². The number of esters is 2. The number of carbonyl (C=O) groups excluding carboxylic acids is 2.